The van der Waals surface area contributed by atoms with Crippen LogP contribution in [0, 0.1) is 20.8 Å². The standard InChI is InChI=1S/C16H21ClN2S/c1-5-8-18-15(16-11(3)19-12(4)20-16)13-7-6-10(2)14(17)9-13/h6-7,9,15,18H,5,8H2,1-4H3. The molecule has 0 aliphatic heterocycles. The maximum Gasteiger partial charge on any atom is 0.0900 e. The molecule has 0 saturated heterocycles. The van der Waals surface area contributed by atoms with Gasteiger partial charge in [0.2, 0.25) is 0 Å². The van der Waals surface area contributed by atoms with Crippen molar-refractivity contribution in [2.45, 2.75) is 40.2 Å². The Morgan fingerprint density at radius 2 is 2.05 bits per heavy atom. The number of hydrogen-bond donors (Lipinski definition) is 1. The van der Waals surface area contributed by atoms with Gasteiger partial charge in [-0.15, -0.1) is 11.3 Å². The zero-order valence-electron chi connectivity index (χ0n) is 12.5. The molecular formula is C16H21ClN2S. The molecule has 20 heavy (non-hydrogen) atoms. The lowest BCUT2D eigenvalue weighted by Gasteiger charge is -2.19. The molecule has 2 rings (SSSR count). The molecule has 0 saturated carbocycles. The highest BCUT2D eigenvalue weighted by Gasteiger charge is 2.19. The zero-order valence-corrected chi connectivity index (χ0v) is 14.0. The lowest BCUT2D eigenvalue weighted by molar-refractivity contribution is 0.602. The molecule has 0 radical (unpaired) electrons. The summed E-state index contributed by atoms with van der Waals surface area (Å²) in [5, 5.41) is 5.55. The van der Waals surface area contributed by atoms with E-state index in [4.69, 9.17) is 11.6 Å². The first-order valence-corrected chi connectivity index (χ1v) is 8.15. The molecule has 0 bridgehead atoms. The lowest BCUT2D eigenvalue weighted by atomic mass is 10.0. The van der Waals surface area contributed by atoms with Gasteiger partial charge >= 0.3 is 0 Å². The topological polar surface area (TPSA) is 24.9 Å². The van der Waals surface area contributed by atoms with E-state index in [1.807, 2.05) is 6.92 Å². The van der Waals surface area contributed by atoms with Crippen molar-refractivity contribution in [3.63, 3.8) is 0 Å². The van der Waals surface area contributed by atoms with Crippen LogP contribution in [0.4, 0.5) is 0 Å². The number of aryl methyl sites for hydroxylation is 3. The van der Waals surface area contributed by atoms with Crippen molar-refractivity contribution >= 4 is 22.9 Å². The Balaban J connectivity index is 2.41. The maximum atomic E-state index is 6.28. The van der Waals surface area contributed by atoms with Crippen LogP contribution in [0.5, 0.6) is 0 Å². The lowest BCUT2D eigenvalue weighted by Crippen LogP contribution is -2.23. The van der Waals surface area contributed by atoms with Crippen LogP contribution in [0.25, 0.3) is 0 Å². The first kappa shape index (κ1) is 15.5. The molecule has 108 valence electrons. The predicted octanol–water partition coefficient (Wildman–Crippen LogP) is 4.81. The Morgan fingerprint density at radius 1 is 1.30 bits per heavy atom. The largest absolute Gasteiger partial charge is 0.306 e. The molecule has 1 heterocycles. The molecule has 0 aliphatic carbocycles. The molecule has 1 aromatic carbocycles. The van der Waals surface area contributed by atoms with E-state index < -0.39 is 0 Å². The third-order valence-corrected chi connectivity index (χ3v) is 4.87. The van der Waals surface area contributed by atoms with Crippen molar-refractivity contribution in [2.24, 2.45) is 0 Å². The first-order chi connectivity index (χ1) is 9.52. The van der Waals surface area contributed by atoms with E-state index in [1.165, 1.54) is 10.4 Å². The molecule has 2 nitrogen and oxygen atoms in total. The first-order valence-electron chi connectivity index (χ1n) is 6.96. The van der Waals surface area contributed by atoms with Gasteiger partial charge in [0.15, 0.2) is 0 Å². The van der Waals surface area contributed by atoms with E-state index in [2.05, 4.69) is 49.3 Å². The summed E-state index contributed by atoms with van der Waals surface area (Å²) in [7, 11) is 0. The van der Waals surface area contributed by atoms with E-state index in [1.54, 1.807) is 11.3 Å². The van der Waals surface area contributed by atoms with E-state index in [9.17, 15) is 0 Å². The van der Waals surface area contributed by atoms with Crippen LogP contribution in [0.1, 0.15) is 46.1 Å². The Hall–Kier alpha value is -0.900. The molecule has 0 aliphatic rings. The quantitative estimate of drug-likeness (QED) is 0.857. The average molecular weight is 309 g/mol. The van der Waals surface area contributed by atoms with Crippen molar-refractivity contribution in [3.8, 4) is 0 Å². The van der Waals surface area contributed by atoms with E-state index >= 15 is 0 Å². The molecular weight excluding hydrogens is 288 g/mol. The monoisotopic (exact) mass is 308 g/mol. The van der Waals surface area contributed by atoms with Crippen molar-refractivity contribution in [1.29, 1.82) is 0 Å². The highest BCUT2D eigenvalue weighted by Crippen LogP contribution is 2.31. The van der Waals surface area contributed by atoms with Gasteiger partial charge in [-0.1, -0.05) is 30.7 Å². The number of thiazole rings is 1. The summed E-state index contributed by atoms with van der Waals surface area (Å²) in [5.41, 5.74) is 3.43. The Bertz CT molecular complexity index is 592. The summed E-state index contributed by atoms with van der Waals surface area (Å²) in [5.74, 6) is 0. The molecule has 0 spiro atoms. The van der Waals surface area contributed by atoms with Gasteiger partial charge in [0, 0.05) is 9.90 Å². The molecule has 0 amide bonds. The molecule has 2 aromatic rings. The SMILES string of the molecule is CCCNC(c1ccc(C)c(Cl)c1)c1sc(C)nc1C. The van der Waals surface area contributed by atoms with Gasteiger partial charge < -0.3 is 5.32 Å². The molecule has 0 fully saturated rings. The van der Waals surface area contributed by atoms with Crippen molar-refractivity contribution < 1.29 is 0 Å². The van der Waals surface area contributed by atoms with E-state index in [0.29, 0.717) is 0 Å². The number of halogens is 1. The molecule has 1 aromatic heterocycles. The van der Waals surface area contributed by atoms with E-state index in [-0.39, 0.29) is 6.04 Å². The van der Waals surface area contributed by atoms with Crippen LogP contribution in [0.2, 0.25) is 5.02 Å². The molecule has 1 N–H and O–H groups in total. The smallest absolute Gasteiger partial charge is 0.0900 e. The van der Waals surface area contributed by atoms with Crippen LogP contribution in [-0.2, 0) is 0 Å². The third-order valence-electron chi connectivity index (χ3n) is 3.33. The van der Waals surface area contributed by atoms with Gasteiger partial charge in [-0.2, -0.15) is 0 Å². The average Bonchev–Trinajstić information content (AvgIpc) is 2.73. The highest BCUT2D eigenvalue weighted by atomic mass is 35.5. The second-order valence-corrected chi connectivity index (χ2v) is 6.72. The Morgan fingerprint density at radius 3 is 2.60 bits per heavy atom. The summed E-state index contributed by atoms with van der Waals surface area (Å²) in [4.78, 5) is 5.84. The maximum absolute atomic E-state index is 6.28. The summed E-state index contributed by atoms with van der Waals surface area (Å²) < 4.78 is 0. The Labute approximate surface area is 130 Å². The third kappa shape index (κ3) is 3.40. The van der Waals surface area contributed by atoms with Crippen LogP contribution in [0.15, 0.2) is 18.2 Å². The van der Waals surface area contributed by atoms with Crippen molar-refractivity contribution in [2.75, 3.05) is 6.54 Å². The van der Waals surface area contributed by atoms with Gasteiger partial charge in [0.05, 0.1) is 16.7 Å². The molecule has 1 atom stereocenters. The van der Waals surface area contributed by atoms with Crippen molar-refractivity contribution in [3.05, 3.63) is 49.9 Å². The van der Waals surface area contributed by atoms with E-state index in [0.717, 1.165) is 34.3 Å². The summed E-state index contributed by atoms with van der Waals surface area (Å²) in [6, 6.07) is 6.49. The number of nitrogens with one attached hydrogen (secondary N) is 1. The Kier molecular flexibility index (Phi) is 5.19. The molecule has 1 unspecified atom stereocenters. The summed E-state index contributed by atoms with van der Waals surface area (Å²) >= 11 is 8.05. The number of aromatic nitrogens is 1. The molecule has 4 heteroatoms. The summed E-state index contributed by atoms with van der Waals surface area (Å²) in [6.45, 7) is 9.32. The van der Waals surface area contributed by atoms with Gasteiger partial charge in [0.1, 0.15) is 0 Å². The summed E-state index contributed by atoms with van der Waals surface area (Å²) in [6.07, 6.45) is 1.10. The second kappa shape index (κ2) is 6.70. The fraction of sp³-hybridized carbons (Fsp3) is 0.438. The highest BCUT2D eigenvalue weighted by molar-refractivity contribution is 7.11. The van der Waals surface area contributed by atoms with Gasteiger partial charge in [-0.25, -0.2) is 4.98 Å². The van der Waals surface area contributed by atoms with Gasteiger partial charge in [-0.05, 0) is 50.9 Å². The van der Waals surface area contributed by atoms with Gasteiger partial charge in [-0.3, -0.25) is 0 Å². The van der Waals surface area contributed by atoms with Crippen LogP contribution in [0.3, 0.4) is 0 Å². The predicted molar refractivity (Wildman–Crippen MR) is 87.9 cm³/mol. The normalized spacial score (nSPS) is 12.7. The minimum Gasteiger partial charge on any atom is -0.306 e. The minimum absolute atomic E-state index is 0.180. The number of nitrogens with zero attached hydrogens (tertiary/aromatic N) is 1. The fourth-order valence-corrected chi connectivity index (χ4v) is 3.47. The number of rotatable bonds is 5. The zero-order chi connectivity index (χ0) is 14.7. The van der Waals surface area contributed by atoms with Crippen molar-refractivity contribution in [1.82, 2.24) is 10.3 Å². The minimum atomic E-state index is 0.180. The van der Waals surface area contributed by atoms with Crippen LogP contribution >= 0.6 is 22.9 Å². The fourth-order valence-electron chi connectivity index (χ4n) is 2.25. The van der Waals surface area contributed by atoms with Gasteiger partial charge in [0.25, 0.3) is 0 Å². The number of benzene rings is 1. The van der Waals surface area contributed by atoms with Crippen LogP contribution < -0.4 is 5.32 Å². The number of hydrogen-bond acceptors (Lipinski definition) is 3. The van der Waals surface area contributed by atoms with Crippen LogP contribution in [-0.4, -0.2) is 11.5 Å². The second-order valence-electron chi connectivity index (χ2n) is 5.08.